The van der Waals surface area contributed by atoms with Crippen molar-refractivity contribution in [3.8, 4) is 0 Å². The average Bonchev–Trinajstić information content (AvgIpc) is 2.91. The summed E-state index contributed by atoms with van der Waals surface area (Å²) < 4.78 is 0. The normalized spacial score (nSPS) is 30.5. The topological polar surface area (TPSA) is 63.8 Å². The van der Waals surface area contributed by atoms with Gasteiger partial charge >= 0.3 is 0 Å². The van der Waals surface area contributed by atoms with Gasteiger partial charge in [-0.3, -0.25) is 0 Å². The Bertz CT molecular complexity index is 448. The summed E-state index contributed by atoms with van der Waals surface area (Å²) in [4.78, 5) is 0.380. The molecule has 5 heteroatoms. The first-order chi connectivity index (χ1) is 8.24. The van der Waals surface area contributed by atoms with Gasteiger partial charge in [-0.2, -0.15) is 5.10 Å². The summed E-state index contributed by atoms with van der Waals surface area (Å²) in [6, 6.07) is 2.35. The summed E-state index contributed by atoms with van der Waals surface area (Å²) in [6.45, 7) is 0. The van der Waals surface area contributed by atoms with Crippen LogP contribution < -0.4 is 11.1 Å². The second kappa shape index (κ2) is 4.22. The molecule has 0 saturated heterocycles. The van der Waals surface area contributed by atoms with Gasteiger partial charge in [0, 0.05) is 6.04 Å². The molecule has 0 amide bonds. The van der Waals surface area contributed by atoms with Crippen molar-refractivity contribution in [1.29, 1.82) is 0 Å². The zero-order chi connectivity index (χ0) is 11.8. The van der Waals surface area contributed by atoms with Gasteiger partial charge in [0.15, 0.2) is 5.82 Å². The van der Waals surface area contributed by atoms with Crippen LogP contribution in [0.2, 0.25) is 0 Å². The van der Waals surface area contributed by atoms with E-state index in [1.807, 2.05) is 6.07 Å². The Morgan fingerprint density at radius 3 is 2.94 bits per heavy atom. The second-order valence-corrected chi connectivity index (χ2v) is 5.52. The van der Waals surface area contributed by atoms with Crippen LogP contribution in [0.1, 0.15) is 31.2 Å². The molecule has 1 aromatic heterocycles. The van der Waals surface area contributed by atoms with Gasteiger partial charge in [0.1, 0.15) is 4.99 Å². The summed E-state index contributed by atoms with van der Waals surface area (Å²) >= 11 is 5.03. The number of rotatable bonds is 3. The fourth-order valence-corrected chi connectivity index (χ4v) is 3.40. The molecular formula is C12H16N4S. The maximum absolute atomic E-state index is 5.69. The fraction of sp³-hybridized carbons (Fsp3) is 0.583. The number of nitrogens with zero attached hydrogens (tertiary/aromatic N) is 2. The first-order valence-corrected chi connectivity index (χ1v) is 6.53. The second-order valence-electron chi connectivity index (χ2n) is 5.08. The van der Waals surface area contributed by atoms with Crippen molar-refractivity contribution in [2.45, 2.75) is 31.7 Å². The summed E-state index contributed by atoms with van der Waals surface area (Å²) in [5, 5.41) is 11.5. The first kappa shape index (κ1) is 10.9. The van der Waals surface area contributed by atoms with Crippen LogP contribution in [0.15, 0.2) is 12.3 Å². The van der Waals surface area contributed by atoms with Gasteiger partial charge in [0.25, 0.3) is 0 Å². The number of aromatic nitrogens is 2. The third kappa shape index (κ3) is 1.99. The van der Waals surface area contributed by atoms with Crippen molar-refractivity contribution in [2.24, 2.45) is 17.6 Å². The van der Waals surface area contributed by atoms with E-state index in [1.165, 1.54) is 25.7 Å². The molecule has 2 aliphatic rings. The Morgan fingerprint density at radius 2 is 2.29 bits per heavy atom. The van der Waals surface area contributed by atoms with E-state index < -0.39 is 0 Å². The predicted octanol–water partition coefficient (Wildman–Crippen LogP) is 1.71. The fourth-order valence-electron chi connectivity index (χ4n) is 3.23. The highest BCUT2D eigenvalue weighted by molar-refractivity contribution is 7.80. The Hall–Kier alpha value is -1.23. The molecule has 1 aromatic rings. The lowest BCUT2D eigenvalue weighted by atomic mass is 9.95. The molecule has 3 atom stereocenters. The van der Waals surface area contributed by atoms with Crippen LogP contribution in [0, 0.1) is 11.8 Å². The van der Waals surface area contributed by atoms with Crippen molar-refractivity contribution in [3.63, 3.8) is 0 Å². The van der Waals surface area contributed by atoms with Crippen molar-refractivity contribution < 1.29 is 0 Å². The molecule has 17 heavy (non-hydrogen) atoms. The summed E-state index contributed by atoms with van der Waals surface area (Å²) in [5.74, 6) is 2.45. The molecule has 2 fully saturated rings. The highest BCUT2D eigenvalue weighted by atomic mass is 32.1. The van der Waals surface area contributed by atoms with E-state index in [9.17, 15) is 0 Å². The monoisotopic (exact) mass is 248 g/mol. The van der Waals surface area contributed by atoms with E-state index in [4.69, 9.17) is 18.0 Å². The summed E-state index contributed by atoms with van der Waals surface area (Å²) in [6.07, 6.45) is 6.97. The van der Waals surface area contributed by atoms with Gasteiger partial charge in [0.05, 0.1) is 11.8 Å². The van der Waals surface area contributed by atoms with Crippen LogP contribution in [0.5, 0.6) is 0 Å². The third-order valence-electron chi connectivity index (χ3n) is 4.05. The van der Waals surface area contributed by atoms with Gasteiger partial charge in [-0.1, -0.05) is 18.6 Å². The minimum Gasteiger partial charge on any atom is -0.389 e. The highest BCUT2D eigenvalue weighted by Gasteiger charge is 2.39. The van der Waals surface area contributed by atoms with Crippen molar-refractivity contribution in [3.05, 3.63) is 17.8 Å². The van der Waals surface area contributed by atoms with Gasteiger partial charge < -0.3 is 11.1 Å². The molecule has 2 bridgehead atoms. The van der Waals surface area contributed by atoms with Crippen LogP contribution in [-0.2, 0) is 0 Å². The number of anilines is 1. The Kier molecular flexibility index (Phi) is 2.70. The van der Waals surface area contributed by atoms with Gasteiger partial charge in [0.2, 0.25) is 0 Å². The van der Waals surface area contributed by atoms with Crippen LogP contribution in [0.4, 0.5) is 5.82 Å². The van der Waals surface area contributed by atoms with E-state index in [1.54, 1.807) is 6.20 Å². The Balaban J connectivity index is 1.79. The molecule has 0 radical (unpaired) electrons. The molecule has 3 N–H and O–H groups in total. The quantitative estimate of drug-likeness (QED) is 0.797. The molecule has 3 rings (SSSR count). The van der Waals surface area contributed by atoms with E-state index in [-0.39, 0.29) is 0 Å². The molecule has 4 nitrogen and oxygen atoms in total. The van der Waals surface area contributed by atoms with Gasteiger partial charge in [-0.05, 0) is 37.2 Å². The zero-order valence-electron chi connectivity index (χ0n) is 9.60. The van der Waals surface area contributed by atoms with Crippen molar-refractivity contribution in [2.75, 3.05) is 5.32 Å². The molecule has 2 saturated carbocycles. The highest BCUT2D eigenvalue weighted by Crippen LogP contribution is 2.45. The van der Waals surface area contributed by atoms with Crippen LogP contribution >= 0.6 is 12.2 Å². The number of thiocarbonyl (C=S) groups is 1. The van der Waals surface area contributed by atoms with Crippen LogP contribution in [-0.4, -0.2) is 21.2 Å². The third-order valence-corrected chi connectivity index (χ3v) is 4.27. The number of hydrogen-bond donors (Lipinski definition) is 2. The molecular weight excluding hydrogens is 232 g/mol. The number of nitrogens with two attached hydrogens (primary N) is 1. The smallest absolute Gasteiger partial charge is 0.159 e. The standard InChI is InChI=1S/C12H16N4S/c13-11(17)9-3-4-14-16-12(9)15-10-6-7-1-2-8(10)5-7/h3-4,7-8,10H,1-2,5-6H2,(H2,13,17)(H,15,16). The molecule has 2 aliphatic carbocycles. The SMILES string of the molecule is NC(=S)c1ccnnc1NC1CC2CCC1C2. The largest absolute Gasteiger partial charge is 0.389 e. The van der Waals surface area contributed by atoms with E-state index in [2.05, 4.69) is 15.5 Å². The summed E-state index contributed by atoms with van der Waals surface area (Å²) in [5.41, 5.74) is 6.49. The molecule has 90 valence electrons. The molecule has 0 spiro atoms. The van der Waals surface area contributed by atoms with Crippen LogP contribution in [0.3, 0.4) is 0 Å². The van der Waals surface area contributed by atoms with Gasteiger partial charge in [-0.15, -0.1) is 5.10 Å². The maximum atomic E-state index is 5.69. The number of hydrogen-bond acceptors (Lipinski definition) is 4. The summed E-state index contributed by atoms with van der Waals surface area (Å²) in [7, 11) is 0. The lowest BCUT2D eigenvalue weighted by molar-refractivity contribution is 0.438. The van der Waals surface area contributed by atoms with E-state index in [0.29, 0.717) is 11.0 Å². The van der Waals surface area contributed by atoms with Crippen molar-refractivity contribution >= 4 is 23.0 Å². The average molecular weight is 248 g/mol. The lowest BCUT2D eigenvalue weighted by Gasteiger charge is -2.24. The molecule has 3 unspecified atom stereocenters. The maximum Gasteiger partial charge on any atom is 0.159 e. The Labute approximate surface area is 106 Å². The predicted molar refractivity (Wildman–Crippen MR) is 70.8 cm³/mol. The Morgan fingerprint density at radius 1 is 1.41 bits per heavy atom. The van der Waals surface area contributed by atoms with Crippen molar-refractivity contribution in [1.82, 2.24) is 10.2 Å². The number of nitrogens with one attached hydrogen (secondary N) is 1. The van der Waals surface area contributed by atoms with E-state index in [0.717, 1.165) is 23.2 Å². The molecule has 0 aromatic carbocycles. The van der Waals surface area contributed by atoms with Gasteiger partial charge in [-0.25, -0.2) is 0 Å². The van der Waals surface area contributed by atoms with Crippen LogP contribution in [0.25, 0.3) is 0 Å². The first-order valence-electron chi connectivity index (χ1n) is 6.12. The minimum atomic E-state index is 0.380. The molecule has 1 heterocycles. The van der Waals surface area contributed by atoms with E-state index >= 15 is 0 Å². The zero-order valence-corrected chi connectivity index (χ0v) is 10.4. The minimum absolute atomic E-state index is 0.380. The molecule has 0 aliphatic heterocycles. The lowest BCUT2D eigenvalue weighted by Crippen LogP contribution is -2.28. The number of fused-ring (bicyclic) bond motifs is 2.